The van der Waals surface area contributed by atoms with E-state index >= 15 is 0 Å². The Morgan fingerprint density at radius 2 is 1.90 bits per heavy atom. The molecule has 1 saturated carbocycles. The minimum absolute atomic E-state index is 0.0347. The van der Waals surface area contributed by atoms with E-state index in [1.807, 2.05) is 19.1 Å². The average Bonchev–Trinajstić information content (AvgIpc) is 3.31. The molecule has 1 aromatic carbocycles. The Hall–Kier alpha value is -1.94. The van der Waals surface area contributed by atoms with Gasteiger partial charge in [0.05, 0.1) is 5.69 Å². The number of rotatable bonds is 5. The molecule has 2 aromatic rings. The number of nitrogens with one attached hydrogen (secondary N) is 1. The molecule has 21 heavy (non-hydrogen) atoms. The molecule has 1 fully saturated rings. The summed E-state index contributed by atoms with van der Waals surface area (Å²) in [4.78, 5) is 12.5. The van der Waals surface area contributed by atoms with Crippen LogP contribution in [-0.4, -0.2) is 10.6 Å². The van der Waals surface area contributed by atoms with Crippen LogP contribution in [0.2, 0.25) is 0 Å². The number of benzene rings is 1. The van der Waals surface area contributed by atoms with Crippen LogP contribution >= 0.6 is 0 Å². The van der Waals surface area contributed by atoms with Crippen LogP contribution < -0.4 is 10.9 Å². The number of nitrogens with zero attached hydrogens (tertiary/aromatic N) is 1. The highest BCUT2D eigenvalue weighted by atomic mass is 19.1. The van der Waals surface area contributed by atoms with Gasteiger partial charge in [0, 0.05) is 24.7 Å². The molecule has 0 saturated heterocycles. The fourth-order valence-electron chi connectivity index (χ4n) is 2.49. The molecular formula is C17H19FN2O. The van der Waals surface area contributed by atoms with Crippen LogP contribution in [0.25, 0.3) is 11.3 Å². The third kappa shape index (κ3) is 3.05. The Bertz CT molecular complexity index is 687. The van der Waals surface area contributed by atoms with Gasteiger partial charge in [-0.05, 0) is 55.7 Å². The maximum atomic E-state index is 13.0. The van der Waals surface area contributed by atoms with Crippen LogP contribution in [-0.2, 0) is 13.1 Å². The van der Waals surface area contributed by atoms with E-state index in [4.69, 9.17) is 0 Å². The van der Waals surface area contributed by atoms with Crippen molar-refractivity contribution in [3.05, 3.63) is 58.1 Å². The fourth-order valence-corrected chi connectivity index (χ4v) is 2.49. The minimum atomic E-state index is -0.269. The average molecular weight is 286 g/mol. The van der Waals surface area contributed by atoms with E-state index in [1.54, 1.807) is 16.7 Å². The molecule has 3 nitrogen and oxygen atoms in total. The van der Waals surface area contributed by atoms with Crippen molar-refractivity contribution < 1.29 is 4.39 Å². The zero-order chi connectivity index (χ0) is 14.8. The van der Waals surface area contributed by atoms with E-state index in [9.17, 15) is 9.18 Å². The summed E-state index contributed by atoms with van der Waals surface area (Å²) < 4.78 is 14.8. The number of halogens is 1. The first-order chi connectivity index (χ1) is 10.2. The van der Waals surface area contributed by atoms with Crippen LogP contribution in [0.15, 0.2) is 41.2 Å². The summed E-state index contributed by atoms with van der Waals surface area (Å²) >= 11 is 0. The first-order valence-electron chi connectivity index (χ1n) is 7.41. The summed E-state index contributed by atoms with van der Waals surface area (Å²) in [5.74, 6) is -0.269. The number of aromatic nitrogens is 1. The smallest absolute Gasteiger partial charge is 0.255 e. The van der Waals surface area contributed by atoms with E-state index in [1.165, 1.54) is 25.0 Å². The summed E-state index contributed by atoms with van der Waals surface area (Å²) in [6, 6.07) is 10.7. The molecular weight excluding hydrogens is 267 g/mol. The molecule has 1 aliphatic carbocycles. The first-order valence-corrected chi connectivity index (χ1v) is 7.41. The monoisotopic (exact) mass is 286 g/mol. The molecule has 1 aliphatic rings. The lowest BCUT2D eigenvalue weighted by Crippen LogP contribution is -2.28. The minimum Gasteiger partial charge on any atom is -0.310 e. The van der Waals surface area contributed by atoms with Gasteiger partial charge in [-0.2, -0.15) is 0 Å². The highest BCUT2D eigenvalue weighted by molar-refractivity contribution is 5.59. The second-order valence-electron chi connectivity index (χ2n) is 5.46. The molecule has 0 atom stereocenters. The molecule has 3 rings (SSSR count). The maximum Gasteiger partial charge on any atom is 0.255 e. The summed E-state index contributed by atoms with van der Waals surface area (Å²) in [5, 5.41) is 3.37. The lowest BCUT2D eigenvalue weighted by atomic mass is 10.1. The van der Waals surface area contributed by atoms with Crippen molar-refractivity contribution in [3.63, 3.8) is 0 Å². The molecule has 0 spiro atoms. The highest BCUT2D eigenvalue weighted by Crippen LogP contribution is 2.20. The second-order valence-corrected chi connectivity index (χ2v) is 5.46. The Kier molecular flexibility index (Phi) is 3.88. The van der Waals surface area contributed by atoms with Crippen LogP contribution in [0, 0.1) is 5.82 Å². The van der Waals surface area contributed by atoms with Crippen LogP contribution in [0.4, 0.5) is 4.39 Å². The van der Waals surface area contributed by atoms with Gasteiger partial charge in [0.1, 0.15) is 5.82 Å². The predicted octanol–water partition coefficient (Wildman–Crippen LogP) is 2.93. The zero-order valence-corrected chi connectivity index (χ0v) is 12.1. The molecule has 0 bridgehead atoms. The molecule has 0 aliphatic heterocycles. The van der Waals surface area contributed by atoms with Gasteiger partial charge in [0.25, 0.3) is 5.56 Å². The number of pyridine rings is 1. The molecule has 0 amide bonds. The summed E-state index contributed by atoms with van der Waals surface area (Å²) in [7, 11) is 0. The van der Waals surface area contributed by atoms with E-state index in [0.29, 0.717) is 19.1 Å². The summed E-state index contributed by atoms with van der Waals surface area (Å²) in [6.45, 7) is 3.17. The Labute approximate surface area is 123 Å². The van der Waals surface area contributed by atoms with Gasteiger partial charge in [0.2, 0.25) is 0 Å². The topological polar surface area (TPSA) is 34.0 Å². The van der Waals surface area contributed by atoms with Gasteiger partial charge in [0.15, 0.2) is 0 Å². The Morgan fingerprint density at radius 1 is 1.19 bits per heavy atom. The quantitative estimate of drug-likeness (QED) is 0.917. The summed E-state index contributed by atoms with van der Waals surface area (Å²) in [5.41, 5.74) is 2.51. The maximum absolute atomic E-state index is 13.0. The van der Waals surface area contributed by atoms with Gasteiger partial charge >= 0.3 is 0 Å². The molecule has 0 radical (unpaired) electrons. The molecule has 110 valence electrons. The van der Waals surface area contributed by atoms with Crippen LogP contribution in [0.5, 0.6) is 0 Å². The standard InChI is InChI=1S/C17H19FN2O/c1-2-20-16(12-3-6-14(18)7-4-12)10-5-13(17(20)21)11-19-15-8-9-15/h3-7,10,15,19H,2,8-9,11H2,1H3. The predicted molar refractivity (Wildman–Crippen MR) is 81.6 cm³/mol. The normalized spacial score (nSPS) is 14.4. The molecule has 0 unspecified atom stereocenters. The van der Waals surface area contributed by atoms with Gasteiger partial charge in [-0.1, -0.05) is 6.07 Å². The molecule has 1 N–H and O–H groups in total. The van der Waals surface area contributed by atoms with Gasteiger partial charge in [-0.15, -0.1) is 0 Å². The lowest BCUT2D eigenvalue weighted by molar-refractivity contribution is 0.627. The van der Waals surface area contributed by atoms with Gasteiger partial charge < -0.3 is 9.88 Å². The van der Waals surface area contributed by atoms with Crippen molar-refractivity contribution in [2.75, 3.05) is 0 Å². The third-order valence-corrected chi connectivity index (χ3v) is 3.87. The molecule has 1 aromatic heterocycles. The van der Waals surface area contributed by atoms with E-state index in [0.717, 1.165) is 16.8 Å². The van der Waals surface area contributed by atoms with Crippen LogP contribution in [0.1, 0.15) is 25.3 Å². The third-order valence-electron chi connectivity index (χ3n) is 3.87. The first kappa shape index (κ1) is 14.0. The van der Waals surface area contributed by atoms with Gasteiger partial charge in [-0.3, -0.25) is 4.79 Å². The molecule has 1 heterocycles. The van der Waals surface area contributed by atoms with Crippen LogP contribution in [0.3, 0.4) is 0 Å². The van der Waals surface area contributed by atoms with Crippen molar-refractivity contribution in [2.45, 2.75) is 38.9 Å². The van der Waals surface area contributed by atoms with E-state index in [2.05, 4.69) is 5.32 Å². The fraction of sp³-hybridized carbons (Fsp3) is 0.353. The Morgan fingerprint density at radius 3 is 2.52 bits per heavy atom. The van der Waals surface area contributed by atoms with Crippen molar-refractivity contribution in [3.8, 4) is 11.3 Å². The summed E-state index contributed by atoms with van der Waals surface area (Å²) in [6.07, 6.45) is 2.41. The number of hydrogen-bond donors (Lipinski definition) is 1. The lowest BCUT2D eigenvalue weighted by Gasteiger charge is -2.13. The second kappa shape index (κ2) is 5.82. The van der Waals surface area contributed by atoms with Crippen molar-refractivity contribution in [1.82, 2.24) is 9.88 Å². The van der Waals surface area contributed by atoms with E-state index < -0.39 is 0 Å². The zero-order valence-electron chi connectivity index (χ0n) is 12.1. The van der Waals surface area contributed by atoms with Crippen molar-refractivity contribution in [2.24, 2.45) is 0 Å². The van der Waals surface area contributed by atoms with E-state index in [-0.39, 0.29) is 11.4 Å². The van der Waals surface area contributed by atoms with Crippen molar-refractivity contribution in [1.29, 1.82) is 0 Å². The number of hydrogen-bond acceptors (Lipinski definition) is 2. The largest absolute Gasteiger partial charge is 0.310 e. The highest BCUT2D eigenvalue weighted by Gasteiger charge is 2.20. The Balaban J connectivity index is 1.95. The SMILES string of the molecule is CCn1c(-c2ccc(F)cc2)ccc(CNC2CC2)c1=O. The molecule has 4 heteroatoms. The van der Waals surface area contributed by atoms with Gasteiger partial charge in [-0.25, -0.2) is 4.39 Å². The van der Waals surface area contributed by atoms with Crippen molar-refractivity contribution >= 4 is 0 Å².